The van der Waals surface area contributed by atoms with Crippen LogP contribution in [0.1, 0.15) is 19.8 Å². The molecule has 82 valence electrons. The molecule has 0 aromatic rings. The lowest BCUT2D eigenvalue weighted by Gasteiger charge is -2.50. The van der Waals surface area contributed by atoms with Gasteiger partial charge in [-0.2, -0.15) is 0 Å². The molecule has 3 aliphatic rings. The van der Waals surface area contributed by atoms with Gasteiger partial charge in [0.15, 0.2) is 0 Å². The summed E-state index contributed by atoms with van der Waals surface area (Å²) in [7, 11) is 1.94. The Hall–Kier alpha value is -0.160. The predicted molar refractivity (Wildman–Crippen MR) is 51.9 cm³/mol. The molecular weight excluding hydrogens is 182 g/mol. The number of ether oxygens (including phenoxy) is 3. The molecule has 0 aliphatic carbocycles. The fourth-order valence-corrected chi connectivity index (χ4v) is 1.80. The van der Waals surface area contributed by atoms with Gasteiger partial charge in [0.2, 0.25) is 0 Å². The van der Waals surface area contributed by atoms with E-state index >= 15 is 0 Å². The molecular formula is C10H19NO3. The molecule has 0 aromatic carbocycles. The maximum Gasteiger partial charge on any atom is 0.282 e. The van der Waals surface area contributed by atoms with Crippen molar-refractivity contribution in [3.05, 3.63) is 0 Å². The lowest BCUT2D eigenvalue weighted by atomic mass is 9.91. The fraction of sp³-hybridized carbons (Fsp3) is 1.00. The summed E-state index contributed by atoms with van der Waals surface area (Å²) in [6.45, 7) is 5.37. The molecule has 1 N–H and O–H groups in total. The second-order valence-corrected chi connectivity index (χ2v) is 4.57. The van der Waals surface area contributed by atoms with Crippen molar-refractivity contribution >= 4 is 0 Å². The second kappa shape index (κ2) is 3.77. The average molecular weight is 201 g/mol. The van der Waals surface area contributed by atoms with Crippen LogP contribution in [-0.4, -0.2) is 39.4 Å². The van der Waals surface area contributed by atoms with E-state index in [9.17, 15) is 0 Å². The van der Waals surface area contributed by atoms with Gasteiger partial charge in [-0.05, 0) is 20.0 Å². The van der Waals surface area contributed by atoms with Crippen LogP contribution in [0.15, 0.2) is 0 Å². The molecule has 2 bridgehead atoms. The quantitative estimate of drug-likeness (QED) is 0.680. The summed E-state index contributed by atoms with van der Waals surface area (Å²) in [6.07, 6.45) is 1.82. The van der Waals surface area contributed by atoms with E-state index in [0.29, 0.717) is 0 Å². The highest BCUT2D eigenvalue weighted by molar-refractivity contribution is 4.84. The Kier molecular flexibility index (Phi) is 2.79. The Morgan fingerprint density at radius 2 is 1.71 bits per heavy atom. The summed E-state index contributed by atoms with van der Waals surface area (Å²) in [6, 6.07) is 0. The molecule has 4 heteroatoms. The summed E-state index contributed by atoms with van der Waals surface area (Å²) in [4.78, 5) is 0. The lowest BCUT2D eigenvalue weighted by molar-refractivity contribution is -0.467. The topological polar surface area (TPSA) is 39.7 Å². The summed E-state index contributed by atoms with van der Waals surface area (Å²) in [5.74, 6) is -0.728. The molecule has 0 radical (unpaired) electrons. The minimum Gasteiger partial charge on any atom is -0.327 e. The largest absolute Gasteiger partial charge is 0.327 e. The maximum atomic E-state index is 5.64. The van der Waals surface area contributed by atoms with Gasteiger partial charge in [0, 0.05) is 11.8 Å². The van der Waals surface area contributed by atoms with Gasteiger partial charge in [-0.1, -0.05) is 6.92 Å². The van der Waals surface area contributed by atoms with Crippen LogP contribution in [0.4, 0.5) is 0 Å². The van der Waals surface area contributed by atoms with E-state index < -0.39 is 5.97 Å². The highest BCUT2D eigenvalue weighted by Crippen LogP contribution is 2.39. The van der Waals surface area contributed by atoms with Crippen LogP contribution >= 0.6 is 0 Å². The van der Waals surface area contributed by atoms with E-state index in [-0.39, 0.29) is 5.41 Å². The molecule has 0 aromatic heterocycles. The minimum atomic E-state index is -0.728. The molecule has 3 fully saturated rings. The van der Waals surface area contributed by atoms with E-state index in [1.165, 1.54) is 0 Å². The molecule has 4 nitrogen and oxygen atoms in total. The zero-order valence-corrected chi connectivity index (χ0v) is 8.97. The fourth-order valence-electron chi connectivity index (χ4n) is 1.80. The van der Waals surface area contributed by atoms with Gasteiger partial charge in [-0.15, -0.1) is 0 Å². The first-order chi connectivity index (χ1) is 6.68. The third kappa shape index (κ3) is 1.93. The van der Waals surface area contributed by atoms with Crippen LogP contribution in [-0.2, 0) is 14.2 Å². The third-order valence-corrected chi connectivity index (χ3v) is 2.83. The standard InChI is InChI=1S/C10H19NO3/c1-9-6-12-10(13-7-9,14-8-9)4-3-5-11-2/h11H,3-8H2,1-2H3. The van der Waals surface area contributed by atoms with Crippen molar-refractivity contribution in [2.45, 2.75) is 25.7 Å². The predicted octanol–water partition coefficient (Wildman–Crippen LogP) is 0.723. The zero-order valence-electron chi connectivity index (χ0n) is 8.97. The second-order valence-electron chi connectivity index (χ2n) is 4.57. The molecule has 3 rings (SSSR count). The minimum absolute atomic E-state index is 0.0742. The Bertz CT molecular complexity index is 183. The first kappa shape index (κ1) is 10.4. The molecule has 0 unspecified atom stereocenters. The van der Waals surface area contributed by atoms with Crippen molar-refractivity contribution in [3.8, 4) is 0 Å². The smallest absolute Gasteiger partial charge is 0.282 e. The highest BCUT2D eigenvalue weighted by Gasteiger charge is 2.49. The van der Waals surface area contributed by atoms with Gasteiger partial charge in [0.05, 0.1) is 19.8 Å². The third-order valence-electron chi connectivity index (χ3n) is 2.83. The van der Waals surface area contributed by atoms with Gasteiger partial charge in [-0.3, -0.25) is 0 Å². The lowest BCUT2D eigenvalue weighted by Crippen LogP contribution is -2.58. The Balaban J connectivity index is 1.85. The van der Waals surface area contributed by atoms with Gasteiger partial charge in [0.25, 0.3) is 5.97 Å². The van der Waals surface area contributed by atoms with Gasteiger partial charge in [0.1, 0.15) is 0 Å². The molecule has 14 heavy (non-hydrogen) atoms. The first-order valence-electron chi connectivity index (χ1n) is 5.25. The first-order valence-corrected chi connectivity index (χ1v) is 5.25. The average Bonchev–Trinajstić information content (AvgIpc) is 2.21. The van der Waals surface area contributed by atoms with Crippen LogP contribution in [0, 0.1) is 5.41 Å². The van der Waals surface area contributed by atoms with Crippen LogP contribution in [0.2, 0.25) is 0 Å². The molecule has 0 saturated carbocycles. The summed E-state index contributed by atoms with van der Waals surface area (Å²) in [5, 5.41) is 3.10. The Labute approximate surface area is 84.9 Å². The van der Waals surface area contributed by atoms with Crippen LogP contribution in [0.25, 0.3) is 0 Å². The van der Waals surface area contributed by atoms with E-state index in [1.54, 1.807) is 0 Å². The number of rotatable bonds is 4. The number of fused-ring (bicyclic) bond motifs is 3. The Morgan fingerprint density at radius 1 is 1.14 bits per heavy atom. The SMILES string of the molecule is CNCCCC12OCC(C)(CO1)CO2. The maximum absolute atomic E-state index is 5.64. The number of hydrogen-bond donors (Lipinski definition) is 1. The van der Waals surface area contributed by atoms with Crippen LogP contribution < -0.4 is 5.32 Å². The highest BCUT2D eigenvalue weighted by atomic mass is 16.9. The Morgan fingerprint density at radius 3 is 2.21 bits per heavy atom. The number of hydrogen-bond acceptors (Lipinski definition) is 4. The van der Waals surface area contributed by atoms with Crippen LogP contribution in [0.5, 0.6) is 0 Å². The van der Waals surface area contributed by atoms with Crippen molar-refractivity contribution in [3.63, 3.8) is 0 Å². The van der Waals surface area contributed by atoms with Crippen molar-refractivity contribution in [2.75, 3.05) is 33.4 Å². The molecule has 0 atom stereocenters. The zero-order chi connectivity index (χ0) is 10.1. The van der Waals surface area contributed by atoms with E-state index in [0.717, 1.165) is 39.2 Å². The molecule has 3 saturated heterocycles. The van der Waals surface area contributed by atoms with Crippen molar-refractivity contribution < 1.29 is 14.2 Å². The summed E-state index contributed by atoms with van der Waals surface area (Å²) < 4.78 is 16.9. The van der Waals surface area contributed by atoms with Crippen molar-refractivity contribution in [1.29, 1.82) is 0 Å². The summed E-state index contributed by atoms with van der Waals surface area (Å²) in [5.41, 5.74) is 0.0742. The van der Waals surface area contributed by atoms with Gasteiger partial charge in [-0.25, -0.2) is 0 Å². The number of nitrogens with one attached hydrogen (secondary N) is 1. The molecule has 0 spiro atoms. The van der Waals surface area contributed by atoms with Crippen molar-refractivity contribution in [1.82, 2.24) is 5.32 Å². The molecule has 3 aliphatic heterocycles. The van der Waals surface area contributed by atoms with E-state index in [4.69, 9.17) is 14.2 Å². The monoisotopic (exact) mass is 201 g/mol. The summed E-state index contributed by atoms with van der Waals surface area (Å²) >= 11 is 0. The van der Waals surface area contributed by atoms with Crippen LogP contribution in [0.3, 0.4) is 0 Å². The normalized spacial score (nSPS) is 41.6. The molecule has 0 amide bonds. The van der Waals surface area contributed by atoms with Crippen molar-refractivity contribution in [2.24, 2.45) is 5.41 Å². The molecule has 3 heterocycles. The van der Waals surface area contributed by atoms with Gasteiger partial charge >= 0.3 is 0 Å². The van der Waals surface area contributed by atoms with Gasteiger partial charge < -0.3 is 19.5 Å². The van der Waals surface area contributed by atoms with E-state index in [1.807, 2.05) is 7.05 Å². The van der Waals surface area contributed by atoms with E-state index in [2.05, 4.69) is 12.2 Å².